The second-order valence-corrected chi connectivity index (χ2v) is 7.78. The Morgan fingerprint density at radius 3 is 2.22 bits per heavy atom. The van der Waals surface area contributed by atoms with Crippen molar-refractivity contribution in [1.29, 1.82) is 0 Å². The summed E-state index contributed by atoms with van der Waals surface area (Å²) in [5, 5.41) is 2.84. The van der Waals surface area contributed by atoms with Crippen LogP contribution in [0.25, 0.3) is 0 Å². The summed E-state index contributed by atoms with van der Waals surface area (Å²) < 4.78 is 31.9. The molecule has 0 atom stereocenters. The lowest BCUT2D eigenvalue weighted by atomic mass is 10.1. The molecule has 1 N–H and O–H groups in total. The van der Waals surface area contributed by atoms with Gasteiger partial charge in [0.15, 0.2) is 0 Å². The van der Waals surface area contributed by atoms with E-state index in [1.165, 1.54) is 4.31 Å². The fourth-order valence-corrected chi connectivity index (χ4v) is 4.16. The SMILES string of the molecule is CCOc1ccccc1C(=O)NCc1ccc(S(=O)(=O)N(CC)CC)cc1. The summed E-state index contributed by atoms with van der Waals surface area (Å²) in [4.78, 5) is 12.7. The molecular formula is C20H26N2O4S. The highest BCUT2D eigenvalue weighted by Crippen LogP contribution is 2.19. The first-order valence-electron chi connectivity index (χ1n) is 9.03. The molecule has 0 bridgehead atoms. The van der Waals surface area contributed by atoms with Crippen LogP contribution in [0.1, 0.15) is 36.7 Å². The predicted octanol–water partition coefficient (Wildman–Crippen LogP) is 3.05. The van der Waals surface area contributed by atoms with E-state index in [0.29, 0.717) is 37.6 Å². The molecule has 0 saturated heterocycles. The summed E-state index contributed by atoms with van der Waals surface area (Å²) in [5.74, 6) is 0.303. The fraction of sp³-hybridized carbons (Fsp3) is 0.350. The van der Waals surface area contributed by atoms with E-state index in [2.05, 4.69) is 5.32 Å². The average Bonchev–Trinajstić information content (AvgIpc) is 2.68. The van der Waals surface area contributed by atoms with Gasteiger partial charge in [-0.25, -0.2) is 8.42 Å². The molecule has 0 aliphatic rings. The highest BCUT2D eigenvalue weighted by atomic mass is 32.2. The number of ether oxygens (including phenoxy) is 1. The lowest BCUT2D eigenvalue weighted by molar-refractivity contribution is 0.0947. The van der Waals surface area contributed by atoms with E-state index < -0.39 is 10.0 Å². The number of carbonyl (C=O) groups excluding carboxylic acids is 1. The predicted molar refractivity (Wildman–Crippen MR) is 105 cm³/mol. The average molecular weight is 391 g/mol. The molecule has 0 unspecified atom stereocenters. The molecule has 0 spiro atoms. The van der Waals surface area contributed by atoms with Crippen LogP contribution in [0.2, 0.25) is 0 Å². The zero-order valence-electron chi connectivity index (χ0n) is 15.9. The summed E-state index contributed by atoms with van der Waals surface area (Å²) in [7, 11) is -3.47. The van der Waals surface area contributed by atoms with Crippen molar-refractivity contribution < 1.29 is 17.9 Å². The van der Waals surface area contributed by atoms with Crippen molar-refractivity contribution in [2.45, 2.75) is 32.2 Å². The Morgan fingerprint density at radius 2 is 1.63 bits per heavy atom. The Morgan fingerprint density at radius 1 is 1.00 bits per heavy atom. The van der Waals surface area contributed by atoms with Gasteiger partial charge in [0.1, 0.15) is 5.75 Å². The summed E-state index contributed by atoms with van der Waals surface area (Å²) in [6.45, 7) is 7.11. The standard InChI is InChI=1S/C20H26N2O4S/c1-4-22(5-2)27(24,25)17-13-11-16(12-14-17)15-21-20(23)18-9-7-8-10-19(18)26-6-3/h7-14H,4-6,15H2,1-3H3,(H,21,23). The van der Waals surface area contributed by atoms with Gasteiger partial charge < -0.3 is 10.1 Å². The highest BCUT2D eigenvalue weighted by Gasteiger charge is 2.21. The van der Waals surface area contributed by atoms with Crippen LogP contribution in [0.4, 0.5) is 0 Å². The van der Waals surface area contributed by atoms with Crippen molar-refractivity contribution in [3.8, 4) is 5.75 Å². The lowest BCUT2D eigenvalue weighted by Gasteiger charge is -2.18. The van der Waals surface area contributed by atoms with E-state index in [9.17, 15) is 13.2 Å². The Labute approximate surface area is 161 Å². The molecule has 146 valence electrons. The molecule has 2 aromatic carbocycles. The van der Waals surface area contributed by atoms with E-state index >= 15 is 0 Å². The summed E-state index contributed by atoms with van der Waals surface area (Å²) in [5.41, 5.74) is 1.29. The molecule has 0 aliphatic heterocycles. The third kappa shape index (κ3) is 5.08. The number of carbonyl (C=O) groups is 1. The van der Waals surface area contributed by atoms with Gasteiger partial charge in [-0.3, -0.25) is 4.79 Å². The maximum Gasteiger partial charge on any atom is 0.255 e. The first-order chi connectivity index (χ1) is 12.9. The van der Waals surface area contributed by atoms with Crippen LogP contribution in [-0.4, -0.2) is 38.3 Å². The van der Waals surface area contributed by atoms with Crippen molar-refractivity contribution in [2.24, 2.45) is 0 Å². The molecule has 27 heavy (non-hydrogen) atoms. The molecule has 0 heterocycles. The number of hydrogen-bond donors (Lipinski definition) is 1. The minimum absolute atomic E-state index is 0.237. The molecule has 0 aliphatic carbocycles. The van der Waals surface area contributed by atoms with E-state index in [-0.39, 0.29) is 10.8 Å². The zero-order chi connectivity index (χ0) is 19.9. The zero-order valence-corrected chi connectivity index (χ0v) is 16.8. The van der Waals surface area contributed by atoms with Crippen LogP contribution >= 0.6 is 0 Å². The van der Waals surface area contributed by atoms with Gasteiger partial charge in [0, 0.05) is 19.6 Å². The molecule has 0 radical (unpaired) electrons. The third-order valence-electron chi connectivity index (χ3n) is 4.15. The van der Waals surface area contributed by atoms with Gasteiger partial charge in [-0.05, 0) is 36.8 Å². The fourth-order valence-electron chi connectivity index (χ4n) is 2.71. The van der Waals surface area contributed by atoms with Crippen molar-refractivity contribution in [3.63, 3.8) is 0 Å². The molecule has 1 amide bonds. The van der Waals surface area contributed by atoms with E-state index in [0.717, 1.165) is 5.56 Å². The molecule has 0 aromatic heterocycles. The van der Waals surface area contributed by atoms with E-state index in [1.54, 1.807) is 42.5 Å². The maximum absolute atomic E-state index is 12.5. The number of hydrogen-bond acceptors (Lipinski definition) is 4. The van der Waals surface area contributed by atoms with Crippen LogP contribution in [0.15, 0.2) is 53.4 Å². The minimum atomic E-state index is -3.47. The summed E-state index contributed by atoms with van der Waals surface area (Å²) >= 11 is 0. The van der Waals surface area contributed by atoms with Crippen molar-refractivity contribution >= 4 is 15.9 Å². The Kier molecular flexibility index (Phi) is 7.38. The number of nitrogens with zero attached hydrogens (tertiary/aromatic N) is 1. The summed E-state index contributed by atoms with van der Waals surface area (Å²) in [6.07, 6.45) is 0. The van der Waals surface area contributed by atoms with Gasteiger partial charge in [-0.1, -0.05) is 38.1 Å². The molecule has 0 fully saturated rings. The Bertz CT molecular complexity index is 860. The second kappa shape index (κ2) is 9.53. The van der Waals surface area contributed by atoms with Crippen molar-refractivity contribution in [3.05, 3.63) is 59.7 Å². The van der Waals surface area contributed by atoms with Gasteiger partial charge >= 0.3 is 0 Å². The molecule has 2 aromatic rings. The van der Waals surface area contributed by atoms with E-state index in [4.69, 9.17) is 4.74 Å². The van der Waals surface area contributed by atoms with Crippen LogP contribution < -0.4 is 10.1 Å². The normalized spacial score (nSPS) is 11.4. The summed E-state index contributed by atoms with van der Waals surface area (Å²) in [6, 6.07) is 13.6. The molecule has 6 nitrogen and oxygen atoms in total. The van der Waals surface area contributed by atoms with Crippen LogP contribution in [-0.2, 0) is 16.6 Å². The number of amides is 1. The second-order valence-electron chi connectivity index (χ2n) is 5.85. The molecule has 7 heteroatoms. The van der Waals surface area contributed by atoms with E-state index in [1.807, 2.05) is 26.8 Å². The van der Waals surface area contributed by atoms with Gasteiger partial charge in [-0.2, -0.15) is 4.31 Å². The van der Waals surface area contributed by atoms with Crippen LogP contribution in [0, 0.1) is 0 Å². The largest absolute Gasteiger partial charge is 0.493 e. The first-order valence-corrected chi connectivity index (χ1v) is 10.5. The third-order valence-corrected chi connectivity index (χ3v) is 6.22. The minimum Gasteiger partial charge on any atom is -0.493 e. The first kappa shape index (κ1) is 20.9. The molecular weight excluding hydrogens is 364 g/mol. The number of benzene rings is 2. The maximum atomic E-state index is 12.5. The van der Waals surface area contributed by atoms with Crippen LogP contribution in [0.3, 0.4) is 0 Å². The number of rotatable bonds is 9. The Hall–Kier alpha value is -2.38. The highest BCUT2D eigenvalue weighted by molar-refractivity contribution is 7.89. The van der Waals surface area contributed by atoms with Gasteiger partial charge in [0.25, 0.3) is 5.91 Å². The topological polar surface area (TPSA) is 75.7 Å². The lowest BCUT2D eigenvalue weighted by Crippen LogP contribution is -2.30. The number of para-hydroxylation sites is 1. The number of sulfonamides is 1. The molecule has 0 saturated carbocycles. The smallest absolute Gasteiger partial charge is 0.255 e. The van der Waals surface area contributed by atoms with Gasteiger partial charge in [-0.15, -0.1) is 0 Å². The van der Waals surface area contributed by atoms with Crippen molar-refractivity contribution in [1.82, 2.24) is 9.62 Å². The van der Waals surface area contributed by atoms with Crippen molar-refractivity contribution in [2.75, 3.05) is 19.7 Å². The molecule has 2 rings (SSSR count). The quantitative estimate of drug-likeness (QED) is 0.714. The van der Waals surface area contributed by atoms with Gasteiger partial charge in [0.2, 0.25) is 10.0 Å². The Balaban J connectivity index is 2.06. The monoisotopic (exact) mass is 390 g/mol. The van der Waals surface area contributed by atoms with Gasteiger partial charge in [0.05, 0.1) is 17.1 Å². The van der Waals surface area contributed by atoms with Crippen LogP contribution in [0.5, 0.6) is 5.75 Å². The number of nitrogens with one attached hydrogen (secondary N) is 1.